The Kier molecular flexibility index (Phi) is 5.80. The monoisotopic (exact) mass is 305 g/mol. The number of hydrogen-bond acceptors (Lipinski definition) is 4. The van der Waals surface area contributed by atoms with Gasteiger partial charge in [-0.2, -0.15) is 17.0 Å². The van der Waals surface area contributed by atoms with Crippen LogP contribution in [0.25, 0.3) is 0 Å². The van der Waals surface area contributed by atoms with Gasteiger partial charge in [0.2, 0.25) is 0 Å². The van der Waals surface area contributed by atoms with E-state index in [0.717, 1.165) is 25.8 Å². The van der Waals surface area contributed by atoms with Gasteiger partial charge in [0, 0.05) is 39.3 Å². The molecular formula is C13H27N3O3S. The fourth-order valence-corrected chi connectivity index (χ4v) is 4.86. The fraction of sp³-hybridized carbons (Fsp3) is 1.00. The van der Waals surface area contributed by atoms with E-state index in [1.807, 2.05) is 0 Å². The summed E-state index contributed by atoms with van der Waals surface area (Å²) in [7, 11) is -3.30. The van der Waals surface area contributed by atoms with Gasteiger partial charge >= 0.3 is 0 Å². The lowest BCUT2D eigenvalue weighted by atomic mass is 10.0. The zero-order valence-electron chi connectivity index (χ0n) is 12.4. The maximum absolute atomic E-state index is 12.7. The number of rotatable bonds is 4. The third-order valence-corrected chi connectivity index (χ3v) is 6.24. The highest BCUT2D eigenvalue weighted by Gasteiger charge is 2.33. The van der Waals surface area contributed by atoms with E-state index >= 15 is 0 Å². The minimum absolute atomic E-state index is 0.135. The minimum atomic E-state index is -3.30. The molecule has 0 amide bonds. The van der Waals surface area contributed by atoms with E-state index in [4.69, 9.17) is 5.11 Å². The van der Waals surface area contributed by atoms with Gasteiger partial charge in [0.1, 0.15) is 0 Å². The molecule has 0 bridgehead atoms. The highest BCUT2D eigenvalue weighted by molar-refractivity contribution is 7.86. The topological polar surface area (TPSA) is 64.1 Å². The van der Waals surface area contributed by atoms with Crippen molar-refractivity contribution in [2.45, 2.75) is 26.2 Å². The molecule has 0 saturated carbocycles. The number of β-amino-alcohol motifs (C(OH)–C–C–N with tert-alkyl or cyclic N) is 1. The SMILES string of the molecule is CC1CCCN(S(=O)(=O)N2CCCN(CCO)CC2)C1. The molecule has 0 aromatic rings. The van der Waals surface area contributed by atoms with Crippen molar-refractivity contribution >= 4 is 10.2 Å². The maximum Gasteiger partial charge on any atom is 0.282 e. The van der Waals surface area contributed by atoms with Crippen LogP contribution in [0, 0.1) is 5.92 Å². The Morgan fingerprint density at radius 3 is 2.50 bits per heavy atom. The molecule has 2 saturated heterocycles. The van der Waals surface area contributed by atoms with E-state index in [1.54, 1.807) is 8.61 Å². The molecule has 1 N–H and O–H groups in total. The third kappa shape index (κ3) is 3.92. The molecule has 20 heavy (non-hydrogen) atoms. The van der Waals surface area contributed by atoms with Crippen molar-refractivity contribution in [3.8, 4) is 0 Å². The molecule has 0 radical (unpaired) electrons. The first-order valence-electron chi connectivity index (χ1n) is 7.62. The second-order valence-electron chi connectivity index (χ2n) is 5.93. The predicted molar refractivity (Wildman–Crippen MR) is 78.6 cm³/mol. The molecule has 0 aromatic carbocycles. The zero-order valence-corrected chi connectivity index (χ0v) is 13.2. The summed E-state index contributed by atoms with van der Waals surface area (Å²) in [6.07, 6.45) is 2.92. The lowest BCUT2D eigenvalue weighted by molar-refractivity contribution is 0.201. The molecule has 118 valence electrons. The van der Waals surface area contributed by atoms with Gasteiger partial charge in [-0.05, 0) is 31.7 Å². The molecule has 2 fully saturated rings. The predicted octanol–water partition coefficient (Wildman–Crippen LogP) is -0.0369. The molecule has 7 heteroatoms. The third-order valence-electron chi connectivity index (χ3n) is 4.24. The van der Waals surface area contributed by atoms with Crippen molar-refractivity contribution < 1.29 is 13.5 Å². The second-order valence-corrected chi connectivity index (χ2v) is 7.86. The minimum Gasteiger partial charge on any atom is -0.395 e. The van der Waals surface area contributed by atoms with Crippen molar-refractivity contribution in [1.82, 2.24) is 13.5 Å². The lowest BCUT2D eigenvalue weighted by Gasteiger charge is -2.34. The van der Waals surface area contributed by atoms with Crippen LogP contribution < -0.4 is 0 Å². The van der Waals surface area contributed by atoms with Crippen LogP contribution in [-0.4, -0.2) is 79.5 Å². The highest BCUT2D eigenvalue weighted by atomic mass is 32.2. The maximum atomic E-state index is 12.7. The van der Waals surface area contributed by atoms with Crippen LogP contribution in [0.2, 0.25) is 0 Å². The summed E-state index contributed by atoms with van der Waals surface area (Å²) in [4.78, 5) is 2.13. The molecule has 2 aliphatic rings. The Hall–Kier alpha value is -0.210. The Balaban J connectivity index is 1.98. The Morgan fingerprint density at radius 1 is 1.05 bits per heavy atom. The van der Waals surface area contributed by atoms with Crippen LogP contribution in [0.5, 0.6) is 0 Å². The van der Waals surface area contributed by atoms with Gasteiger partial charge in [-0.3, -0.25) is 4.90 Å². The van der Waals surface area contributed by atoms with Crippen LogP contribution in [0.15, 0.2) is 0 Å². The largest absolute Gasteiger partial charge is 0.395 e. The standard InChI is InChI=1S/C13H27N3O3S/c1-13-4-2-6-16(12-13)20(18,19)15-7-3-5-14(8-9-15)10-11-17/h13,17H,2-12H2,1H3. The molecule has 2 rings (SSSR count). The molecule has 2 heterocycles. The van der Waals surface area contributed by atoms with Crippen molar-refractivity contribution in [2.24, 2.45) is 5.92 Å². The van der Waals surface area contributed by atoms with E-state index in [-0.39, 0.29) is 6.61 Å². The summed E-state index contributed by atoms with van der Waals surface area (Å²) >= 11 is 0. The highest BCUT2D eigenvalue weighted by Crippen LogP contribution is 2.21. The quantitative estimate of drug-likeness (QED) is 0.792. The van der Waals surface area contributed by atoms with E-state index < -0.39 is 10.2 Å². The summed E-state index contributed by atoms with van der Waals surface area (Å²) in [6.45, 7) is 6.90. The van der Waals surface area contributed by atoms with Crippen LogP contribution >= 0.6 is 0 Å². The van der Waals surface area contributed by atoms with Gasteiger partial charge in [-0.1, -0.05) is 6.92 Å². The van der Waals surface area contributed by atoms with Gasteiger partial charge in [-0.15, -0.1) is 0 Å². The molecule has 0 aromatic heterocycles. The average Bonchev–Trinajstić information content (AvgIpc) is 2.65. The summed E-state index contributed by atoms with van der Waals surface area (Å²) in [5.74, 6) is 0.455. The first kappa shape index (κ1) is 16.2. The number of aliphatic hydroxyl groups is 1. The van der Waals surface area contributed by atoms with Gasteiger partial charge in [0.05, 0.1) is 6.61 Å². The van der Waals surface area contributed by atoms with E-state index in [1.165, 1.54) is 0 Å². The lowest BCUT2D eigenvalue weighted by Crippen LogP contribution is -2.48. The van der Waals surface area contributed by atoms with Gasteiger partial charge in [-0.25, -0.2) is 0 Å². The van der Waals surface area contributed by atoms with Crippen molar-refractivity contribution in [2.75, 3.05) is 52.4 Å². The fourth-order valence-electron chi connectivity index (χ4n) is 3.06. The van der Waals surface area contributed by atoms with Crippen LogP contribution in [0.4, 0.5) is 0 Å². The Labute approximate surface area is 122 Å². The van der Waals surface area contributed by atoms with Gasteiger partial charge in [0.25, 0.3) is 10.2 Å². The van der Waals surface area contributed by atoms with Crippen molar-refractivity contribution in [3.05, 3.63) is 0 Å². The van der Waals surface area contributed by atoms with Crippen LogP contribution in [0.3, 0.4) is 0 Å². The first-order valence-corrected chi connectivity index (χ1v) is 9.02. The second kappa shape index (κ2) is 7.17. The van der Waals surface area contributed by atoms with Crippen LogP contribution in [-0.2, 0) is 10.2 Å². The molecule has 1 unspecified atom stereocenters. The number of aliphatic hydroxyl groups excluding tert-OH is 1. The summed E-state index contributed by atoms with van der Waals surface area (Å²) in [5.41, 5.74) is 0. The number of nitrogens with zero attached hydrogens (tertiary/aromatic N) is 3. The first-order chi connectivity index (χ1) is 9.54. The van der Waals surface area contributed by atoms with Crippen molar-refractivity contribution in [3.63, 3.8) is 0 Å². The summed E-state index contributed by atoms with van der Waals surface area (Å²) < 4.78 is 28.7. The smallest absolute Gasteiger partial charge is 0.282 e. The Morgan fingerprint density at radius 2 is 1.80 bits per heavy atom. The van der Waals surface area contributed by atoms with Crippen molar-refractivity contribution in [1.29, 1.82) is 0 Å². The van der Waals surface area contributed by atoms with Gasteiger partial charge in [0.15, 0.2) is 0 Å². The average molecular weight is 305 g/mol. The molecule has 0 spiro atoms. The van der Waals surface area contributed by atoms with Crippen LogP contribution in [0.1, 0.15) is 26.2 Å². The Bertz CT molecular complexity index is 402. The summed E-state index contributed by atoms with van der Waals surface area (Å²) in [6, 6.07) is 0. The number of piperidine rings is 1. The van der Waals surface area contributed by atoms with E-state index in [2.05, 4.69) is 11.8 Å². The number of hydrogen-bond donors (Lipinski definition) is 1. The molecule has 6 nitrogen and oxygen atoms in total. The molecular weight excluding hydrogens is 278 g/mol. The zero-order chi connectivity index (χ0) is 14.6. The molecule has 0 aliphatic carbocycles. The summed E-state index contributed by atoms with van der Waals surface area (Å²) in [5, 5.41) is 8.99. The molecule has 2 aliphatic heterocycles. The van der Waals surface area contributed by atoms with Gasteiger partial charge < -0.3 is 5.11 Å². The molecule has 1 atom stereocenters. The van der Waals surface area contributed by atoms with E-state index in [0.29, 0.717) is 45.2 Å². The normalized spacial score (nSPS) is 28.4. The van der Waals surface area contributed by atoms with E-state index in [9.17, 15) is 8.42 Å².